The number of benzene rings is 1. The minimum atomic E-state index is -0.339. The maximum Gasteiger partial charge on any atom is 0.333 e. The standard InChI is InChI=1S/C14H17FO2/c1-4-13(10(3)14(16)17-5-2)11-7-6-8-12(15)9-11/h6-9H,4-5H2,1-3H3/b13-10-. The zero-order valence-corrected chi connectivity index (χ0v) is 10.4. The van der Waals surface area contributed by atoms with E-state index < -0.39 is 0 Å². The van der Waals surface area contributed by atoms with E-state index in [-0.39, 0.29) is 11.8 Å². The fraction of sp³-hybridized carbons (Fsp3) is 0.357. The summed E-state index contributed by atoms with van der Waals surface area (Å²) in [5, 5.41) is 0. The lowest BCUT2D eigenvalue weighted by Crippen LogP contribution is -2.07. The van der Waals surface area contributed by atoms with Gasteiger partial charge in [-0.1, -0.05) is 19.1 Å². The van der Waals surface area contributed by atoms with Gasteiger partial charge in [-0.15, -0.1) is 0 Å². The third-order valence-corrected chi connectivity index (χ3v) is 2.56. The molecule has 0 radical (unpaired) electrons. The molecular formula is C14H17FO2. The van der Waals surface area contributed by atoms with Crippen molar-refractivity contribution in [2.75, 3.05) is 6.61 Å². The second-order valence-electron chi connectivity index (χ2n) is 3.69. The van der Waals surface area contributed by atoms with Gasteiger partial charge < -0.3 is 4.74 Å². The second kappa shape index (κ2) is 6.18. The molecule has 0 N–H and O–H groups in total. The van der Waals surface area contributed by atoms with Gasteiger partial charge in [0, 0.05) is 5.57 Å². The summed E-state index contributed by atoms with van der Waals surface area (Å²) in [7, 11) is 0. The topological polar surface area (TPSA) is 26.3 Å². The predicted octanol–water partition coefficient (Wildman–Crippen LogP) is 3.57. The number of ether oxygens (including phenoxy) is 1. The fourth-order valence-corrected chi connectivity index (χ4v) is 1.72. The van der Waals surface area contributed by atoms with Crippen LogP contribution in [-0.4, -0.2) is 12.6 Å². The molecule has 0 amide bonds. The Bertz CT molecular complexity index is 436. The highest BCUT2D eigenvalue weighted by Crippen LogP contribution is 2.23. The zero-order valence-electron chi connectivity index (χ0n) is 10.4. The first kappa shape index (κ1) is 13.4. The highest BCUT2D eigenvalue weighted by molar-refractivity contribution is 5.97. The van der Waals surface area contributed by atoms with Gasteiger partial charge in [0.15, 0.2) is 0 Å². The summed E-state index contributed by atoms with van der Waals surface area (Å²) >= 11 is 0. The molecule has 0 spiro atoms. The molecule has 0 aliphatic heterocycles. The Morgan fingerprint density at radius 1 is 1.35 bits per heavy atom. The molecule has 0 aromatic heterocycles. The van der Waals surface area contributed by atoms with E-state index in [4.69, 9.17) is 4.74 Å². The first-order chi connectivity index (χ1) is 8.10. The minimum Gasteiger partial charge on any atom is -0.463 e. The summed E-state index contributed by atoms with van der Waals surface area (Å²) in [4.78, 5) is 11.6. The Morgan fingerprint density at radius 2 is 2.06 bits per heavy atom. The molecule has 0 unspecified atom stereocenters. The first-order valence-electron chi connectivity index (χ1n) is 5.73. The lowest BCUT2D eigenvalue weighted by molar-refractivity contribution is -0.138. The molecule has 0 atom stereocenters. The number of rotatable bonds is 4. The predicted molar refractivity (Wildman–Crippen MR) is 65.9 cm³/mol. The summed E-state index contributed by atoms with van der Waals surface area (Å²) < 4.78 is 18.1. The maximum atomic E-state index is 13.1. The molecule has 17 heavy (non-hydrogen) atoms. The summed E-state index contributed by atoms with van der Waals surface area (Å²) in [5.41, 5.74) is 2.10. The van der Waals surface area contributed by atoms with Crippen LogP contribution in [0.15, 0.2) is 29.8 Å². The van der Waals surface area contributed by atoms with Gasteiger partial charge in [0.25, 0.3) is 0 Å². The summed E-state index contributed by atoms with van der Waals surface area (Å²) in [6.45, 7) is 5.75. The van der Waals surface area contributed by atoms with Crippen molar-refractivity contribution in [3.05, 3.63) is 41.2 Å². The van der Waals surface area contributed by atoms with Crippen molar-refractivity contribution in [1.82, 2.24) is 0 Å². The van der Waals surface area contributed by atoms with Gasteiger partial charge >= 0.3 is 5.97 Å². The van der Waals surface area contributed by atoms with Crippen LogP contribution in [0.25, 0.3) is 5.57 Å². The molecule has 0 saturated heterocycles. The first-order valence-corrected chi connectivity index (χ1v) is 5.73. The van der Waals surface area contributed by atoms with E-state index in [2.05, 4.69) is 0 Å². The number of allylic oxidation sites excluding steroid dienone is 1. The largest absolute Gasteiger partial charge is 0.463 e. The molecule has 1 rings (SSSR count). The van der Waals surface area contributed by atoms with E-state index in [1.807, 2.05) is 6.92 Å². The molecule has 0 heterocycles. The van der Waals surface area contributed by atoms with Crippen LogP contribution in [0.1, 0.15) is 32.8 Å². The van der Waals surface area contributed by atoms with Crippen LogP contribution >= 0.6 is 0 Å². The van der Waals surface area contributed by atoms with Crippen LogP contribution in [0.3, 0.4) is 0 Å². The molecule has 3 heteroatoms. The van der Waals surface area contributed by atoms with E-state index in [9.17, 15) is 9.18 Å². The molecule has 0 saturated carbocycles. The van der Waals surface area contributed by atoms with Gasteiger partial charge in [-0.25, -0.2) is 9.18 Å². The lowest BCUT2D eigenvalue weighted by atomic mass is 9.98. The molecule has 1 aromatic rings. The molecule has 0 fully saturated rings. The van der Waals surface area contributed by atoms with E-state index in [1.54, 1.807) is 26.0 Å². The quantitative estimate of drug-likeness (QED) is 0.590. The summed E-state index contributed by atoms with van der Waals surface area (Å²) in [5.74, 6) is -0.640. The Balaban J connectivity index is 3.13. The van der Waals surface area contributed by atoms with Crippen LogP contribution in [0.5, 0.6) is 0 Å². The molecule has 0 bridgehead atoms. The van der Waals surface area contributed by atoms with E-state index >= 15 is 0 Å². The van der Waals surface area contributed by atoms with Crippen LogP contribution < -0.4 is 0 Å². The molecule has 0 aliphatic rings. The number of hydrogen-bond donors (Lipinski definition) is 0. The van der Waals surface area contributed by atoms with Crippen LogP contribution in [0.2, 0.25) is 0 Å². The third kappa shape index (κ3) is 3.41. The van der Waals surface area contributed by atoms with Crippen LogP contribution in [-0.2, 0) is 9.53 Å². The zero-order chi connectivity index (χ0) is 12.8. The fourth-order valence-electron chi connectivity index (χ4n) is 1.72. The van der Waals surface area contributed by atoms with Gasteiger partial charge in [0.05, 0.1) is 6.61 Å². The second-order valence-corrected chi connectivity index (χ2v) is 3.69. The molecule has 1 aromatic carbocycles. The van der Waals surface area contributed by atoms with Crippen molar-refractivity contribution in [3.63, 3.8) is 0 Å². The number of esters is 1. The Hall–Kier alpha value is -1.64. The van der Waals surface area contributed by atoms with Gasteiger partial charge in [0.2, 0.25) is 0 Å². The maximum absolute atomic E-state index is 13.1. The van der Waals surface area contributed by atoms with Crippen molar-refractivity contribution < 1.29 is 13.9 Å². The van der Waals surface area contributed by atoms with Crippen molar-refractivity contribution >= 4 is 11.5 Å². The van der Waals surface area contributed by atoms with Crippen molar-refractivity contribution in [2.24, 2.45) is 0 Å². The van der Waals surface area contributed by atoms with Gasteiger partial charge in [-0.3, -0.25) is 0 Å². The molecule has 2 nitrogen and oxygen atoms in total. The normalized spacial score (nSPS) is 12.0. The average molecular weight is 236 g/mol. The van der Waals surface area contributed by atoms with Gasteiger partial charge in [-0.05, 0) is 43.5 Å². The Labute approximate surface area is 101 Å². The highest BCUT2D eigenvalue weighted by Gasteiger charge is 2.12. The molecule has 0 aliphatic carbocycles. The Morgan fingerprint density at radius 3 is 2.59 bits per heavy atom. The van der Waals surface area contributed by atoms with Crippen LogP contribution in [0, 0.1) is 5.82 Å². The van der Waals surface area contributed by atoms with Crippen molar-refractivity contribution in [3.8, 4) is 0 Å². The summed E-state index contributed by atoms with van der Waals surface area (Å²) in [6.07, 6.45) is 0.661. The van der Waals surface area contributed by atoms with Crippen molar-refractivity contribution in [1.29, 1.82) is 0 Å². The van der Waals surface area contributed by atoms with E-state index in [0.29, 0.717) is 18.6 Å². The van der Waals surface area contributed by atoms with E-state index in [0.717, 1.165) is 11.1 Å². The van der Waals surface area contributed by atoms with E-state index in [1.165, 1.54) is 12.1 Å². The summed E-state index contributed by atoms with van der Waals surface area (Å²) in [6, 6.07) is 6.25. The van der Waals surface area contributed by atoms with Crippen LogP contribution in [0.4, 0.5) is 4.39 Å². The molecular weight excluding hydrogens is 219 g/mol. The number of carbonyl (C=O) groups excluding carboxylic acids is 1. The smallest absolute Gasteiger partial charge is 0.333 e. The molecule has 92 valence electrons. The average Bonchev–Trinajstić information content (AvgIpc) is 2.30. The highest BCUT2D eigenvalue weighted by atomic mass is 19.1. The number of halogens is 1. The number of hydrogen-bond acceptors (Lipinski definition) is 2. The third-order valence-electron chi connectivity index (χ3n) is 2.56. The lowest BCUT2D eigenvalue weighted by Gasteiger charge is -2.10. The Kier molecular flexibility index (Phi) is 4.88. The van der Waals surface area contributed by atoms with Gasteiger partial charge in [0.1, 0.15) is 5.82 Å². The number of carbonyl (C=O) groups is 1. The van der Waals surface area contributed by atoms with Crippen molar-refractivity contribution in [2.45, 2.75) is 27.2 Å². The SMILES string of the molecule is CCOC(=O)/C(C)=C(/CC)c1cccc(F)c1. The van der Waals surface area contributed by atoms with Gasteiger partial charge in [-0.2, -0.15) is 0 Å². The monoisotopic (exact) mass is 236 g/mol. The minimum absolute atomic E-state index is 0.301.